The van der Waals surface area contributed by atoms with Crippen LogP contribution in [0.3, 0.4) is 0 Å². The first-order valence-electron chi connectivity index (χ1n) is 6.53. The number of nitrogens with one attached hydrogen (secondary N) is 1. The Morgan fingerprint density at radius 3 is 2.86 bits per heavy atom. The Hall–Kier alpha value is -2.82. The van der Waals surface area contributed by atoms with Gasteiger partial charge in [0.15, 0.2) is 11.5 Å². The molecule has 1 aliphatic heterocycles. The molecule has 2 aromatic carbocycles. The van der Waals surface area contributed by atoms with Gasteiger partial charge in [-0.1, -0.05) is 24.3 Å². The number of aryl methyl sites for hydroxylation is 1. The number of hydrazone groups is 1. The van der Waals surface area contributed by atoms with Gasteiger partial charge in [-0.25, -0.2) is 5.43 Å². The number of carbonyl (C=O) groups excluding carboxylic acids is 1. The first-order valence-corrected chi connectivity index (χ1v) is 6.53. The Morgan fingerprint density at radius 2 is 2.00 bits per heavy atom. The maximum absolute atomic E-state index is 12.0. The van der Waals surface area contributed by atoms with Crippen LogP contribution < -0.4 is 14.9 Å². The first kappa shape index (κ1) is 13.2. The van der Waals surface area contributed by atoms with Crippen LogP contribution in [0.5, 0.6) is 11.5 Å². The second-order valence-electron chi connectivity index (χ2n) is 4.62. The highest BCUT2D eigenvalue weighted by Gasteiger charge is 2.15. The lowest BCUT2D eigenvalue weighted by atomic mass is 10.1. The van der Waals surface area contributed by atoms with E-state index in [1.807, 2.05) is 31.2 Å². The van der Waals surface area contributed by atoms with Gasteiger partial charge >= 0.3 is 0 Å². The Labute approximate surface area is 122 Å². The number of carbonyl (C=O) groups is 1. The highest BCUT2D eigenvalue weighted by Crippen LogP contribution is 2.32. The fraction of sp³-hybridized carbons (Fsp3) is 0.125. The maximum Gasteiger partial charge on any atom is 0.271 e. The van der Waals surface area contributed by atoms with E-state index in [9.17, 15) is 4.79 Å². The molecule has 0 saturated carbocycles. The van der Waals surface area contributed by atoms with E-state index in [4.69, 9.17) is 9.47 Å². The van der Waals surface area contributed by atoms with E-state index in [1.165, 1.54) is 0 Å². The number of benzene rings is 2. The molecular weight excluding hydrogens is 268 g/mol. The number of amides is 1. The van der Waals surface area contributed by atoms with Crippen molar-refractivity contribution in [3.05, 3.63) is 59.2 Å². The Bertz CT molecular complexity index is 710. The second kappa shape index (κ2) is 5.66. The number of hydrogen-bond acceptors (Lipinski definition) is 4. The van der Waals surface area contributed by atoms with Crippen LogP contribution in [0.4, 0.5) is 0 Å². The summed E-state index contributed by atoms with van der Waals surface area (Å²) in [6, 6.07) is 12.8. The number of hydrogen-bond donors (Lipinski definition) is 1. The van der Waals surface area contributed by atoms with E-state index in [-0.39, 0.29) is 12.7 Å². The van der Waals surface area contributed by atoms with Crippen LogP contribution in [0.15, 0.2) is 47.6 Å². The van der Waals surface area contributed by atoms with E-state index >= 15 is 0 Å². The molecule has 0 fully saturated rings. The summed E-state index contributed by atoms with van der Waals surface area (Å²) in [5, 5.41) is 3.98. The van der Waals surface area contributed by atoms with Gasteiger partial charge in [-0.3, -0.25) is 4.79 Å². The van der Waals surface area contributed by atoms with Crippen LogP contribution in [0.1, 0.15) is 21.5 Å². The topological polar surface area (TPSA) is 59.9 Å². The minimum atomic E-state index is -0.293. The van der Waals surface area contributed by atoms with Crippen LogP contribution in [-0.2, 0) is 0 Å². The lowest BCUT2D eigenvalue weighted by molar-refractivity contribution is 0.0954. The van der Waals surface area contributed by atoms with Gasteiger partial charge in [0.1, 0.15) is 0 Å². The molecule has 0 radical (unpaired) electrons. The second-order valence-corrected chi connectivity index (χ2v) is 4.62. The highest BCUT2D eigenvalue weighted by atomic mass is 16.7. The van der Waals surface area contributed by atoms with Gasteiger partial charge in [0.25, 0.3) is 5.91 Å². The molecule has 1 heterocycles. The first-order chi connectivity index (χ1) is 10.2. The minimum Gasteiger partial charge on any atom is -0.454 e. The molecule has 0 atom stereocenters. The fourth-order valence-corrected chi connectivity index (χ4v) is 1.99. The predicted molar refractivity (Wildman–Crippen MR) is 78.8 cm³/mol. The smallest absolute Gasteiger partial charge is 0.271 e. The molecule has 0 spiro atoms. The zero-order chi connectivity index (χ0) is 14.7. The fourth-order valence-electron chi connectivity index (χ4n) is 1.99. The SMILES string of the molecule is Cc1ccccc1C=NNC(=O)c1ccc2c(c1)OCO2. The molecule has 3 rings (SSSR count). The van der Waals surface area contributed by atoms with Gasteiger partial charge < -0.3 is 9.47 Å². The van der Waals surface area contributed by atoms with Gasteiger partial charge in [0.2, 0.25) is 6.79 Å². The lowest BCUT2D eigenvalue weighted by Crippen LogP contribution is -2.17. The van der Waals surface area contributed by atoms with Gasteiger partial charge in [-0.15, -0.1) is 0 Å². The van der Waals surface area contributed by atoms with Gasteiger partial charge in [0.05, 0.1) is 6.21 Å². The number of ether oxygens (including phenoxy) is 2. The molecule has 0 aromatic heterocycles. The van der Waals surface area contributed by atoms with E-state index in [1.54, 1.807) is 24.4 Å². The molecule has 0 bridgehead atoms. The highest BCUT2D eigenvalue weighted by molar-refractivity contribution is 5.95. The summed E-state index contributed by atoms with van der Waals surface area (Å²) in [5.41, 5.74) is 5.03. The number of nitrogens with zero attached hydrogens (tertiary/aromatic N) is 1. The zero-order valence-corrected chi connectivity index (χ0v) is 11.5. The third-order valence-electron chi connectivity index (χ3n) is 3.19. The van der Waals surface area contributed by atoms with Gasteiger partial charge in [-0.05, 0) is 36.2 Å². The van der Waals surface area contributed by atoms with Crippen LogP contribution in [0.2, 0.25) is 0 Å². The third-order valence-corrected chi connectivity index (χ3v) is 3.19. The largest absolute Gasteiger partial charge is 0.454 e. The summed E-state index contributed by atoms with van der Waals surface area (Å²) in [6.07, 6.45) is 1.63. The van der Waals surface area contributed by atoms with E-state index in [0.29, 0.717) is 17.1 Å². The van der Waals surface area contributed by atoms with E-state index in [0.717, 1.165) is 11.1 Å². The van der Waals surface area contributed by atoms with Crippen molar-refractivity contribution in [1.29, 1.82) is 0 Å². The van der Waals surface area contributed by atoms with E-state index in [2.05, 4.69) is 10.5 Å². The quantitative estimate of drug-likeness (QED) is 0.695. The van der Waals surface area contributed by atoms with Crippen molar-refractivity contribution in [2.24, 2.45) is 5.10 Å². The molecule has 0 unspecified atom stereocenters. The van der Waals surface area contributed by atoms with Crippen LogP contribution >= 0.6 is 0 Å². The molecular formula is C16H14N2O3. The summed E-state index contributed by atoms with van der Waals surface area (Å²) < 4.78 is 10.4. The lowest BCUT2D eigenvalue weighted by Gasteiger charge is -2.02. The monoisotopic (exact) mass is 282 g/mol. The van der Waals surface area contributed by atoms with E-state index < -0.39 is 0 Å². The van der Waals surface area contributed by atoms with Crippen molar-refractivity contribution < 1.29 is 14.3 Å². The molecule has 1 aliphatic rings. The summed E-state index contributed by atoms with van der Waals surface area (Å²) >= 11 is 0. The summed E-state index contributed by atoms with van der Waals surface area (Å²) in [6.45, 7) is 2.17. The number of rotatable bonds is 3. The molecule has 2 aromatic rings. The zero-order valence-electron chi connectivity index (χ0n) is 11.5. The van der Waals surface area contributed by atoms with Crippen molar-refractivity contribution in [3.8, 4) is 11.5 Å². The van der Waals surface area contributed by atoms with Crippen molar-refractivity contribution in [2.75, 3.05) is 6.79 Å². The summed E-state index contributed by atoms with van der Waals surface area (Å²) in [4.78, 5) is 12.0. The molecule has 5 heteroatoms. The van der Waals surface area contributed by atoms with Gasteiger partial charge in [0, 0.05) is 5.56 Å². The Kier molecular flexibility index (Phi) is 3.55. The summed E-state index contributed by atoms with van der Waals surface area (Å²) in [7, 11) is 0. The molecule has 0 saturated heterocycles. The average Bonchev–Trinajstić information content (AvgIpc) is 2.96. The summed E-state index contributed by atoms with van der Waals surface area (Å²) in [5.74, 6) is 0.929. The van der Waals surface area contributed by atoms with Crippen LogP contribution in [0.25, 0.3) is 0 Å². The minimum absolute atomic E-state index is 0.186. The van der Waals surface area contributed by atoms with Crippen molar-refractivity contribution in [1.82, 2.24) is 5.43 Å². The third kappa shape index (κ3) is 2.86. The molecule has 1 N–H and O–H groups in total. The molecule has 1 amide bonds. The maximum atomic E-state index is 12.0. The predicted octanol–water partition coefficient (Wildman–Crippen LogP) is 2.49. The van der Waals surface area contributed by atoms with Crippen LogP contribution in [-0.4, -0.2) is 18.9 Å². The Balaban J connectivity index is 1.68. The van der Waals surface area contributed by atoms with Crippen LogP contribution in [0, 0.1) is 6.92 Å². The molecule has 0 aliphatic carbocycles. The standard InChI is InChI=1S/C16H14N2O3/c1-11-4-2-3-5-13(11)9-17-18-16(19)12-6-7-14-15(8-12)21-10-20-14/h2-9H,10H2,1H3,(H,18,19). The molecule has 5 nitrogen and oxygen atoms in total. The molecule has 21 heavy (non-hydrogen) atoms. The molecule has 106 valence electrons. The van der Waals surface area contributed by atoms with Crippen molar-refractivity contribution in [2.45, 2.75) is 6.92 Å². The Morgan fingerprint density at radius 1 is 1.19 bits per heavy atom. The normalized spacial score (nSPS) is 12.6. The van der Waals surface area contributed by atoms with Gasteiger partial charge in [-0.2, -0.15) is 5.10 Å². The van der Waals surface area contributed by atoms with Crippen molar-refractivity contribution >= 4 is 12.1 Å². The average molecular weight is 282 g/mol. The van der Waals surface area contributed by atoms with Crippen molar-refractivity contribution in [3.63, 3.8) is 0 Å². The number of fused-ring (bicyclic) bond motifs is 1.